The van der Waals surface area contributed by atoms with Crippen LogP contribution in [0, 0.1) is 11.2 Å². The third-order valence-electron chi connectivity index (χ3n) is 6.36. The number of amides is 3. The molecule has 2 aromatic carbocycles. The van der Waals surface area contributed by atoms with Gasteiger partial charge < -0.3 is 15.2 Å². The SMILES string of the molecule is CNC(=O)NC(=O)C(C)(C)[C@@H]1c2ccc(-c3ccc(C(C)(C)O)cc3)nc2Oc2c(F)cccc21. The van der Waals surface area contributed by atoms with E-state index in [9.17, 15) is 19.1 Å². The van der Waals surface area contributed by atoms with Gasteiger partial charge in [0.1, 0.15) is 0 Å². The van der Waals surface area contributed by atoms with Gasteiger partial charge in [0, 0.05) is 29.7 Å². The molecule has 0 saturated carbocycles. The molecule has 0 aliphatic carbocycles. The number of carbonyl (C=O) groups is 2. The number of ether oxygens (including phenoxy) is 1. The molecule has 1 aliphatic heterocycles. The Balaban J connectivity index is 1.80. The summed E-state index contributed by atoms with van der Waals surface area (Å²) in [6.07, 6.45) is 0. The van der Waals surface area contributed by atoms with E-state index in [1.165, 1.54) is 13.1 Å². The number of para-hydroxylation sites is 1. The number of aliphatic hydroxyl groups is 1. The first kappa shape index (κ1) is 24.3. The molecule has 1 atom stereocenters. The highest BCUT2D eigenvalue weighted by Gasteiger charge is 2.45. The summed E-state index contributed by atoms with van der Waals surface area (Å²) in [7, 11) is 1.42. The lowest BCUT2D eigenvalue weighted by atomic mass is 9.69. The molecule has 0 saturated heterocycles. The minimum Gasteiger partial charge on any atom is -0.435 e. The van der Waals surface area contributed by atoms with Crippen LogP contribution in [0.1, 0.15) is 50.3 Å². The molecule has 182 valence electrons. The van der Waals surface area contributed by atoms with Gasteiger partial charge in [0.15, 0.2) is 11.6 Å². The molecule has 7 nitrogen and oxygen atoms in total. The second-order valence-electron chi connectivity index (χ2n) is 9.68. The summed E-state index contributed by atoms with van der Waals surface area (Å²) in [4.78, 5) is 29.6. The number of aromatic nitrogens is 1. The minimum atomic E-state index is -1.15. The Bertz CT molecular complexity index is 1300. The van der Waals surface area contributed by atoms with Crippen LogP contribution in [-0.2, 0) is 10.4 Å². The molecule has 8 heteroatoms. The molecule has 3 N–H and O–H groups in total. The Labute approximate surface area is 203 Å². The monoisotopic (exact) mass is 477 g/mol. The Morgan fingerprint density at radius 1 is 1.00 bits per heavy atom. The molecule has 3 aromatic rings. The summed E-state index contributed by atoms with van der Waals surface area (Å²) in [5.41, 5.74) is 1.13. The van der Waals surface area contributed by atoms with Gasteiger partial charge in [-0.2, -0.15) is 0 Å². The van der Waals surface area contributed by atoms with Crippen molar-refractivity contribution in [1.29, 1.82) is 0 Å². The number of rotatable bonds is 4. The summed E-state index contributed by atoms with van der Waals surface area (Å²) in [5, 5.41) is 14.9. The molecule has 0 radical (unpaired) electrons. The highest BCUT2D eigenvalue weighted by molar-refractivity contribution is 5.97. The molecule has 1 aliphatic rings. The van der Waals surface area contributed by atoms with Crippen LogP contribution in [0.15, 0.2) is 54.6 Å². The molecule has 0 fully saturated rings. The van der Waals surface area contributed by atoms with E-state index in [-0.39, 0.29) is 11.6 Å². The van der Waals surface area contributed by atoms with Crippen LogP contribution in [0.25, 0.3) is 11.3 Å². The number of hydrogen-bond acceptors (Lipinski definition) is 5. The Morgan fingerprint density at radius 2 is 1.69 bits per heavy atom. The van der Waals surface area contributed by atoms with Crippen LogP contribution in [0.5, 0.6) is 11.6 Å². The van der Waals surface area contributed by atoms with Crippen molar-refractivity contribution >= 4 is 11.9 Å². The fourth-order valence-electron chi connectivity index (χ4n) is 4.32. The van der Waals surface area contributed by atoms with Crippen molar-refractivity contribution in [3.8, 4) is 22.9 Å². The lowest BCUT2D eigenvalue weighted by Crippen LogP contribution is -2.47. The zero-order valence-corrected chi connectivity index (χ0v) is 20.3. The summed E-state index contributed by atoms with van der Waals surface area (Å²) in [6.45, 7) is 6.81. The van der Waals surface area contributed by atoms with Crippen molar-refractivity contribution in [3.05, 3.63) is 77.1 Å². The second kappa shape index (κ2) is 8.78. The van der Waals surface area contributed by atoms with Crippen molar-refractivity contribution in [3.63, 3.8) is 0 Å². The summed E-state index contributed by atoms with van der Waals surface area (Å²) >= 11 is 0. The first-order chi connectivity index (χ1) is 16.4. The van der Waals surface area contributed by atoms with Gasteiger partial charge in [0.2, 0.25) is 11.8 Å². The predicted octanol–water partition coefficient (Wildman–Crippen LogP) is 4.83. The average molecular weight is 478 g/mol. The lowest BCUT2D eigenvalue weighted by molar-refractivity contribution is -0.128. The van der Waals surface area contributed by atoms with Crippen LogP contribution in [0.4, 0.5) is 9.18 Å². The first-order valence-electron chi connectivity index (χ1n) is 11.3. The van der Waals surface area contributed by atoms with Gasteiger partial charge in [0.25, 0.3) is 0 Å². The number of imide groups is 1. The smallest absolute Gasteiger partial charge is 0.321 e. The zero-order chi connectivity index (χ0) is 25.5. The molecule has 0 spiro atoms. The maximum Gasteiger partial charge on any atom is 0.321 e. The maximum absolute atomic E-state index is 14.8. The zero-order valence-electron chi connectivity index (χ0n) is 20.3. The Kier molecular flexibility index (Phi) is 6.11. The quantitative estimate of drug-likeness (QED) is 0.500. The van der Waals surface area contributed by atoms with Crippen molar-refractivity contribution in [2.75, 3.05) is 7.05 Å². The van der Waals surface area contributed by atoms with Gasteiger partial charge in [-0.3, -0.25) is 10.1 Å². The topological polar surface area (TPSA) is 101 Å². The van der Waals surface area contributed by atoms with Crippen molar-refractivity contribution in [2.45, 2.75) is 39.2 Å². The molecule has 0 bridgehead atoms. The van der Waals surface area contributed by atoms with Crippen LogP contribution in [0.2, 0.25) is 0 Å². The molecule has 0 unspecified atom stereocenters. The van der Waals surface area contributed by atoms with Gasteiger partial charge in [-0.05, 0) is 31.5 Å². The molecule has 3 amide bonds. The maximum atomic E-state index is 14.8. The van der Waals surface area contributed by atoms with E-state index in [0.717, 1.165) is 11.1 Å². The summed E-state index contributed by atoms with van der Waals surface area (Å²) in [6, 6.07) is 14.9. The van der Waals surface area contributed by atoms with Gasteiger partial charge in [0.05, 0.1) is 16.7 Å². The Morgan fingerprint density at radius 3 is 2.31 bits per heavy atom. The van der Waals surface area contributed by atoms with Crippen molar-refractivity contribution in [2.24, 2.45) is 5.41 Å². The molecular weight excluding hydrogens is 449 g/mol. The third kappa shape index (κ3) is 4.49. The molecule has 2 heterocycles. The average Bonchev–Trinajstić information content (AvgIpc) is 2.82. The number of benzene rings is 2. The highest BCUT2D eigenvalue weighted by atomic mass is 19.1. The normalized spacial score (nSPS) is 14.9. The largest absolute Gasteiger partial charge is 0.435 e. The minimum absolute atomic E-state index is 0.00726. The standard InChI is InChI=1S/C27H28FN3O4/c1-26(2,24(32)31-25(33)29-5)21-17-7-6-8-19(28)22(17)35-23-18(21)13-14-20(30-23)15-9-11-16(12-10-15)27(3,4)34/h6-14,21,34H,1-5H3,(H2,29,31,32,33)/t21-/m0/s1. The van der Waals surface area contributed by atoms with Crippen LogP contribution < -0.4 is 15.4 Å². The van der Waals surface area contributed by atoms with E-state index >= 15 is 0 Å². The number of fused-ring (bicyclic) bond motifs is 2. The lowest BCUT2D eigenvalue weighted by Gasteiger charge is -2.37. The highest BCUT2D eigenvalue weighted by Crippen LogP contribution is 2.52. The number of urea groups is 1. The number of nitrogens with one attached hydrogen (secondary N) is 2. The fourth-order valence-corrected chi connectivity index (χ4v) is 4.32. The van der Waals surface area contributed by atoms with E-state index in [2.05, 4.69) is 15.6 Å². The van der Waals surface area contributed by atoms with Gasteiger partial charge in [-0.1, -0.05) is 56.3 Å². The fraction of sp³-hybridized carbons (Fsp3) is 0.296. The summed E-state index contributed by atoms with van der Waals surface area (Å²) in [5.74, 6) is -1.51. The van der Waals surface area contributed by atoms with Crippen LogP contribution in [-0.4, -0.2) is 29.1 Å². The van der Waals surface area contributed by atoms with Crippen LogP contribution >= 0.6 is 0 Å². The molecule has 35 heavy (non-hydrogen) atoms. The van der Waals surface area contributed by atoms with E-state index in [1.54, 1.807) is 39.8 Å². The number of hydrogen-bond donors (Lipinski definition) is 3. The van der Waals surface area contributed by atoms with E-state index < -0.39 is 34.7 Å². The number of pyridine rings is 1. The van der Waals surface area contributed by atoms with Gasteiger partial charge >= 0.3 is 6.03 Å². The van der Waals surface area contributed by atoms with Gasteiger partial charge in [-0.25, -0.2) is 14.2 Å². The number of halogens is 1. The number of nitrogens with zero attached hydrogens (tertiary/aromatic N) is 1. The Hall–Kier alpha value is -3.78. The van der Waals surface area contributed by atoms with Crippen molar-refractivity contribution in [1.82, 2.24) is 15.6 Å². The van der Waals surface area contributed by atoms with E-state index in [1.807, 2.05) is 36.4 Å². The number of carbonyl (C=O) groups excluding carboxylic acids is 2. The third-order valence-corrected chi connectivity index (χ3v) is 6.36. The van der Waals surface area contributed by atoms with E-state index in [4.69, 9.17) is 4.74 Å². The van der Waals surface area contributed by atoms with Crippen LogP contribution in [0.3, 0.4) is 0 Å². The van der Waals surface area contributed by atoms with Crippen molar-refractivity contribution < 1.29 is 23.8 Å². The van der Waals surface area contributed by atoms with Gasteiger partial charge in [-0.15, -0.1) is 0 Å². The first-order valence-corrected chi connectivity index (χ1v) is 11.3. The summed E-state index contributed by atoms with van der Waals surface area (Å²) < 4.78 is 20.7. The molecular formula is C27H28FN3O4. The molecule has 1 aromatic heterocycles. The second-order valence-corrected chi connectivity index (χ2v) is 9.68. The predicted molar refractivity (Wildman–Crippen MR) is 130 cm³/mol. The molecule has 4 rings (SSSR count). The van der Waals surface area contributed by atoms with E-state index in [0.29, 0.717) is 16.8 Å².